The van der Waals surface area contributed by atoms with Crippen LogP contribution in [0.25, 0.3) is 0 Å². The molecule has 0 radical (unpaired) electrons. The lowest BCUT2D eigenvalue weighted by Gasteiger charge is -2.38. The molecule has 2 heterocycles. The molecule has 0 spiro atoms. The Hall–Kier alpha value is 0.390. The van der Waals surface area contributed by atoms with Gasteiger partial charge in [-0.2, -0.15) is 0 Å². The van der Waals surface area contributed by atoms with Crippen LogP contribution < -0.4 is 0 Å². The number of hydrogen-bond acceptors (Lipinski definition) is 3. The summed E-state index contributed by atoms with van der Waals surface area (Å²) in [5.74, 6) is 0. The minimum Gasteiger partial charge on any atom is -0.381 e. The Balaban J connectivity index is 1.90. The van der Waals surface area contributed by atoms with Gasteiger partial charge in [0, 0.05) is 36.5 Å². The lowest BCUT2D eigenvalue weighted by Crippen LogP contribution is -2.41. The molecule has 5 heteroatoms. The summed E-state index contributed by atoms with van der Waals surface area (Å²) in [5.41, 5.74) is 0.369. The summed E-state index contributed by atoms with van der Waals surface area (Å²) in [7, 11) is 2.19. The Bertz CT molecular complexity index is 379. The first-order valence-electron chi connectivity index (χ1n) is 6.20. The molecule has 0 N–H and O–H groups in total. The molecule has 0 unspecified atom stereocenters. The molecule has 1 saturated heterocycles. The van der Waals surface area contributed by atoms with Gasteiger partial charge in [0.15, 0.2) is 0 Å². The molecule has 1 aromatic heterocycles. The third-order valence-electron chi connectivity index (χ3n) is 3.50. The smallest absolute Gasteiger partial charge is 0.0931 e. The average molecular weight is 353 g/mol. The van der Waals surface area contributed by atoms with Crippen molar-refractivity contribution in [3.05, 3.63) is 21.3 Å². The third-order valence-corrected chi connectivity index (χ3v) is 5.90. The number of hydrogen-bond donors (Lipinski definition) is 0. The second-order valence-corrected chi connectivity index (χ2v) is 7.48. The fraction of sp³-hybridized carbons (Fsp3) is 0.692. The van der Waals surface area contributed by atoms with Crippen LogP contribution in [0.1, 0.15) is 17.7 Å². The van der Waals surface area contributed by atoms with E-state index in [9.17, 15) is 0 Å². The Morgan fingerprint density at radius 1 is 1.44 bits per heavy atom. The van der Waals surface area contributed by atoms with Crippen molar-refractivity contribution in [3.63, 3.8) is 0 Å². The standard InChI is InChI=1S/C13H19BrClNOS/c1-16(8-11-2-3-12(15)18-11)10-13(9-14)4-6-17-7-5-13/h2-3H,4-10H2,1H3. The van der Waals surface area contributed by atoms with Gasteiger partial charge in [-0.25, -0.2) is 0 Å². The van der Waals surface area contributed by atoms with Crippen molar-refractivity contribution in [3.8, 4) is 0 Å². The highest BCUT2D eigenvalue weighted by Crippen LogP contribution is 2.34. The molecule has 0 amide bonds. The molecule has 2 nitrogen and oxygen atoms in total. The number of thiophene rings is 1. The van der Waals surface area contributed by atoms with Crippen molar-refractivity contribution in [2.24, 2.45) is 5.41 Å². The molecule has 1 aliphatic rings. The van der Waals surface area contributed by atoms with Gasteiger partial charge in [-0.15, -0.1) is 11.3 Å². The minimum absolute atomic E-state index is 0.369. The second kappa shape index (κ2) is 6.71. The van der Waals surface area contributed by atoms with Crippen molar-refractivity contribution in [1.82, 2.24) is 4.90 Å². The summed E-state index contributed by atoms with van der Waals surface area (Å²) in [6.07, 6.45) is 2.29. The lowest BCUT2D eigenvalue weighted by molar-refractivity contribution is 0.0111. The summed E-state index contributed by atoms with van der Waals surface area (Å²) in [6.45, 7) is 3.87. The van der Waals surface area contributed by atoms with Crippen molar-refractivity contribution in [2.45, 2.75) is 19.4 Å². The van der Waals surface area contributed by atoms with Crippen LogP contribution in [0.5, 0.6) is 0 Å². The van der Waals surface area contributed by atoms with E-state index in [1.54, 1.807) is 11.3 Å². The maximum atomic E-state index is 5.97. The van der Waals surface area contributed by atoms with Crippen LogP contribution in [-0.2, 0) is 11.3 Å². The van der Waals surface area contributed by atoms with Gasteiger partial charge in [0.2, 0.25) is 0 Å². The van der Waals surface area contributed by atoms with E-state index < -0.39 is 0 Å². The number of rotatable bonds is 5. The number of alkyl halides is 1. The number of ether oxygens (including phenoxy) is 1. The van der Waals surface area contributed by atoms with Crippen LogP contribution in [0.3, 0.4) is 0 Å². The third kappa shape index (κ3) is 3.94. The van der Waals surface area contributed by atoms with E-state index in [4.69, 9.17) is 16.3 Å². The maximum Gasteiger partial charge on any atom is 0.0931 e. The van der Waals surface area contributed by atoms with Crippen LogP contribution >= 0.6 is 38.9 Å². The Morgan fingerprint density at radius 3 is 2.72 bits per heavy atom. The van der Waals surface area contributed by atoms with Crippen LogP contribution in [0.4, 0.5) is 0 Å². The molecule has 1 aliphatic heterocycles. The fourth-order valence-electron chi connectivity index (χ4n) is 2.47. The second-order valence-electron chi connectivity index (χ2n) is 5.12. The number of nitrogens with zero attached hydrogens (tertiary/aromatic N) is 1. The zero-order valence-electron chi connectivity index (χ0n) is 10.6. The largest absolute Gasteiger partial charge is 0.381 e. The predicted molar refractivity (Wildman–Crippen MR) is 81.9 cm³/mol. The van der Waals surface area contributed by atoms with Crippen molar-refractivity contribution in [2.75, 3.05) is 32.1 Å². The molecular formula is C13H19BrClNOS. The van der Waals surface area contributed by atoms with Crippen molar-refractivity contribution < 1.29 is 4.74 Å². The van der Waals surface area contributed by atoms with Gasteiger partial charge in [-0.3, -0.25) is 0 Å². The molecule has 0 saturated carbocycles. The summed E-state index contributed by atoms with van der Waals surface area (Å²) in [4.78, 5) is 3.73. The molecule has 0 bridgehead atoms. The summed E-state index contributed by atoms with van der Waals surface area (Å²) in [5, 5.41) is 1.05. The average Bonchev–Trinajstić information content (AvgIpc) is 2.75. The van der Waals surface area contributed by atoms with Crippen molar-refractivity contribution in [1.29, 1.82) is 0 Å². The summed E-state index contributed by atoms with van der Waals surface area (Å²) < 4.78 is 6.35. The van der Waals surface area contributed by atoms with E-state index in [1.165, 1.54) is 4.88 Å². The molecular weight excluding hydrogens is 334 g/mol. The Kier molecular flexibility index (Phi) is 5.51. The molecule has 102 valence electrons. The van der Waals surface area contributed by atoms with E-state index >= 15 is 0 Å². The minimum atomic E-state index is 0.369. The van der Waals surface area contributed by atoms with Crippen LogP contribution in [0, 0.1) is 5.41 Å². The first-order valence-corrected chi connectivity index (χ1v) is 8.52. The highest BCUT2D eigenvalue weighted by molar-refractivity contribution is 9.09. The first kappa shape index (κ1) is 14.8. The quantitative estimate of drug-likeness (QED) is 0.742. The van der Waals surface area contributed by atoms with E-state index in [0.29, 0.717) is 5.41 Å². The van der Waals surface area contributed by atoms with Gasteiger partial charge in [0.05, 0.1) is 4.34 Å². The SMILES string of the molecule is CN(Cc1ccc(Cl)s1)CC1(CBr)CCOCC1. The van der Waals surface area contributed by atoms with Crippen LogP contribution in [0.2, 0.25) is 4.34 Å². The molecule has 0 aliphatic carbocycles. The Labute approximate surface area is 126 Å². The topological polar surface area (TPSA) is 12.5 Å². The highest BCUT2D eigenvalue weighted by Gasteiger charge is 2.32. The first-order chi connectivity index (χ1) is 8.63. The molecule has 1 fully saturated rings. The zero-order chi connectivity index (χ0) is 13.0. The lowest BCUT2D eigenvalue weighted by atomic mass is 9.82. The molecule has 0 aromatic carbocycles. The zero-order valence-corrected chi connectivity index (χ0v) is 13.8. The predicted octanol–water partition coefficient (Wildman–Crippen LogP) is 4.03. The molecule has 18 heavy (non-hydrogen) atoms. The fourth-order valence-corrected chi connectivity index (χ4v) is 4.38. The highest BCUT2D eigenvalue weighted by atomic mass is 79.9. The van der Waals surface area contributed by atoms with Crippen molar-refractivity contribution >= 4 is 38.9 Å². The Morgan fingerprint density at radius 2 is 2.17 bits per heavy atom. The molecule has 0 atom stereocenters. The van der Waals surface area contributed by atoms with E-state index in [2.05, 4.69) is 33.9 Å². The van der Waals surface area contributed by atoms with Crippen LogP contribution in [0.15, 0.2) is 12.1 Å². The number of halogens is 2. The van der Waals surface area contributed by atoms with Gasteiger partial charge in [-0.1, -0.05) is 27.5 Å². The van der Waals surface area contributed by atoms with Gasteiger partial charge < -0.3 is 9.64 Å². The molecule has 2 rings (SSSR count). The van der Waals surface area contributed by atoms with E-state index in [-0.39, 0.29) is 0 Å². The summed E-state index contributed by atoms with van der Waals surface area (Å²) >= 11 is 11.3. The molecule has 1 aromatic rings. The maximum absolute atomic E-state index is 5.97. The van der Waals surface area contributed by atoms with Crippen LogP contribution in [-0.4, -0.2) is 37.0 Å². The van der Waals surface area contributed by atoms with Gasteiger partial charge in [-0.05, 0) is 37.4 Å². The van der Waals surface area contributed by atoms with Gasteiger partial charge in [0.1, 0.15) is 0 Å². The van der Waals surface area contributed by atoms with Gasteiger partial charge in [0.25, 0.3) is 0 Å². The normalized spacial score (nSPS) is 19.3. The summed E-state index contributed by atoms with van der Waals surface area (Å²) in [6, 6.07) is 4.10. The van der Waals surface area contributed by atoms with E-state index in [1.807, 2.05) is 6.07 Å². The monoisotopic (exact) mass is 351 g/mol. The van der Waals surface area contributed by atoms with Gasteiger partial charge >= 0.3 is 0 Å². The van der Waals surface area contributed by atoms with E-state index in [0.717, 1.165) is 48.8 Å².